The number of aryl methyl sites for hydroxylation is 1. The Morgan fingerprint density at radius 1 is 1.10 bits per heavy atom. The zero-order valence-corrected chi connectivity index (χ0v) is 18.6. The van der Waals surface area contributed by atoms with Crippen molar-refractivity contribution < 1.29 is 19.1 Å². The molecule has 2 N–H and O–H groups in total. The summed E-state index contributed by atoms with van der Waals surface area (Å²) in [5.74, 6) is -0.00111. The van der Waals surface area contributed by atoms with Gasteiger partial charge in [0.25, 0.3) is 5.91 Å². The number of benzene rings is 2. The maximum absolute atomic E-state index is 13.1. The van der Waals surface area contributed by atoms with Gasteiger partial charge in [0, 0.05) is 0 Å². The van der Waals surface area contributed by atoms with E-state index in [4.69, 9.17) is 4.74 Å². The van der Waals surface area contributed by atoms with Gasteiger partial charge in [0.2, 0.25) is 5.91 Å². The van der Waals surface area contributed by atoms with Crippen molar-refractivity contribution in [2.75, 3.05) is 13.7 Å². The van der Waals surface area contributed by atoms with Gasteiger partial charge in [-0.3, -0.25) is 14.5 Å². The zero-order chi connectivity index (χ0) is 22.8. The molecule has 1 heterocycles. The largest absolute Gasteiger partial charge is 0.497 e. The minimum absolute atomic E-state index is 0.110. The number of carbonyl (C=O) groups excluding carboxylic acids is 3. The Morgan fingerprint density at radius 2 is 1.71 bits per heavy atom. The van der Waals surface area contributed by atoms with Crippen LogP contribution < -0.4 is 15.4 Å². The van der Waals surface area contributed by atoms with Gasteiger partial charge >= 0.3 is 6.03 Å². The molecular formula is C24H29N3O4. The normalized spacial score (nSPS) is 19.4. The van der Waals surface area contributed by atoms with Crippen LogP contribution in [0, 0.1) is 12.8 Å². The molecule has 0 saturated carbocycles. The molecule has 0 bridgehead atoms. The summed E-state index contributed by atoms with van der Waals surface area (Å²) in [5.41, 5.74) is 1.46. The fraction of sp³-hybridized carbons (Fsp3) is 0.375. The first-order valence-electron chi connectivity index (χ1n) is 10.3. The van der Waals surface area contributed by atoms with Crippen LogP contribution in [0.1, 0.15) is 43.5 Å². The molecule has 164 valence electrons. The molecule has 2 aromatic carbocycles. The second kappa shape index (κ2) is 8.79. The summed E-state index contributed by atoms with van der Waals surface area (Å²) >= 11 is 0. The highest BCUT2D eigenvalue weighted by Crippen LogP contribution is 2.29. The fourth-order valence-corrected chi connectivity index (χ4v) is 3.73. The first-order chi connectivity index (χ1) is 14.7. The number of imide groups is 1. The lowest BCUT2D eigenvalue weighted by molar-refractivity contribution is -0.135. The average molecular weight is 424 g/mol. The van der Waals surface area contributed by atoms with E-state index in [1.807, 2.05) is 69.3 Å². The molecule has 1 saturated heterocycles. The fourth-order valence-electron chi connectivity index (χ4n) is 3.73. The molecule has 1 aliphatic heterocycles. The van der Waals surface area contributed by atoms with Gasteiger partial charge in [-0.2, -0.15) is 0 Å². The maximum atomic E-state index is 13.1. The van der Waals surface area contributed by atoms with Gasteiger partial charge in [-0.25, -0.2) is 4.79 Å². The Morgan fingerprint density at radius 3 is 2.26 bits per heavy atom. The first-order valence-corrected chi connectivity index (χ1v) is 10.3. The van der Waals surface area contributed by atoms with Crippen molar-refractivity contribution in [3.8, 4) is 5.75 Å². The highest BCUT2D eigenvalue weighted by molar-refractivity contribution is 6.09. The van der Waals surface area contributed by atoms with E-state index in [0.29, 0.717) is 5.56 Å². The van der Waals surface area contributed by atoms with Crippen LogP contribution in [-0.4, -0.2) is 36.4 Å². The summed E-state index contributed by atoms with van der Waals surface area (Å²) in [6.07, 6.45) is 0. The average Bonchev–Trinajstić information content (AvgIpc) is 2.96. The molecule has 2 aromatic rings. The second-order valence-corrected chi connectivity index (χ2v) is 8.37. The van der Waals surface area contributed by atoms with Crippen LogP contribution in [0.15, 0.2) is 48.5 Å². The lowest BCUT2D eigenvalue weighted by atomic mass is 9.91. The molecule has 1 aliphatic rings. The zero-order valence-electron chi connectivity index (χ0n) is 18.6. The number of rotatable bonds is 7. The third kappa shape index (κ3) is 4.55. The molecule has 7 heteroatoms. The second-order valence-electron chi connectivity index (χ2n) is 8.37. The number of amides is 4. The van der Waals surface area contributed by atoms with E-state index >= 15 is 0 Å². The quantitative estimate of drug-likeness (QED) is 0.669. The summed E-state index contributed by atoms with van der Waals surface area (Å²) in [7, 11) is 1.60. The van der Waals surface area contributed by atoms with Crippen LogP contribution in [0.25, 0.3) is 0 Å². The van der Waals surface area contributed by atoms with E-state index in [1.54, 1.807) is 14.0 Å². The van der Waals surface area contributed by atoms with Crippen LogP contribution >= 0.6 is 0 Å². The minimum atomic E-state index is -1.20. The Labute approximate surface area is 182 Å². The third-order valence-electron chi connectivity index (χ3n) is 5.66. The number of hydrogen-bond donors (Lipinski definition) is 2. The van der Waals surface area contributed by atoms with Gasteiger partial charge in [-0.15, -0.1) is 0 Å². The van der Waals surface area contributed by atoms with E-state index in [-0.39, 0.29) is 18.5 Å². The van der Waals surface area contributed by atoms with Crippen molar-refractivity contribution in [3.05, 3.63) is 65.2 Å². The van der Waals surface area contributed by atoms with Gasteiger partial charge in [-0.05, 0) is 43.0 Å². The van der Waals surface area contributed by atoms with E-state index in [0.717, 1.165) is 21.8 Å². The van der Waals surface area contributed by atoms with Crippen molar-refractivity contribution in [2.24, 2.45) is 5.92 Å². The number of nitrogens with zero attached hydrogens (tertiary/aromatic N) is 1. The van der Waals surface area contributed by atoms with Crippen LogP contribution in [-0.2, 0) is 15.1 Å². The highest BCUT2D eigenvalue weighted by Gasteiger charge is 2.49. The number of methoxy groups -OCH3 is 1. The Kier molecular flexibility index (Phi) is 6.34. The highest BCUT2D eigenvalue weighted by atomic mass is 16.5. The molecule has 2 atom stereocenters. The topological polar surface area (TPSA) is 87.7 Å². The van der Waals surface area contributed by atoms with Gasteiger partial charge in [0.15, 0.2) is 0 Å². The lowest BCUT2D eigenvalue weighted by Gasteiger charge is -2.25. The van der Waals surface area contributed by atoms with Gasteiger partial charge in [0.05, 0.1) is 13.2 Å². The van der Waals surface area contributed by atoms with E-state index in [9.17, 15) is 14.4 Å². The van der Waals surface area contributed by atoms with E-state index < -0.39 is 23.4 Å². The molecule has 0 radical (unpaired) electrons. The van der Waals surface area contributed by atoms with Gasteiger partial charge in [0.1, 0.15) is 17.8 Å². The van der Waals surface area contributed by atoms with Gasteiger partial charge in [-0.1, -0.05) is 55.8 Å². The molecule has 31 heavy (non-hydrogen) atoms. The van der Waals surface area contributed by atoms with E-state index in [2.05, 4.69) is 10.6 Å². The monoisotopic (exact) mass is 423 g/mol. The molecule has 1 fully saturated rings. The molecule has 0 spiro atoms. The van der Waals surface area contributed by atoms with Crippen LogP contribution in [0.5, 0.6) is 5.75 Å². The first kappa shape index (κ1) is 22.3. The smallest absolute Gasteiger partial charge is 0.325 e. The molecule has 0 aliphatic carbocycles. The minimum Gasteiger partial charge on any atom is -0.497 e. The summed E-state index contributed by atoms with van der Waals surface area (Å²) in [5, 5.41) is 5.69. The van der Waals surface area contributed by atoms with Crippen molar-refractivity contribution in [3.63, 3.8) is 0 Å². The predicted octanol–water partition coefficient (Wildman–Crippen LogP) is 3.28. The summed E-state index contributed by atoms with van der Waals surface area (Å²) in [4.78, 5) is 39.4. The van der Waals surface area contributed by atoms with Crippen molar-refractivity contribution in [2.45, 2.75) is 39.3 Å². The van der Waals surface area contributed by atoms with E-state index in [1.165, 1.54) is 0 Å². The van der Waals surface area contributed by atoms with Crippen molar-refractivity contribution in [1.29, 1.82) is 0 Å². The maximum Gasteiger partial charge on any atom is 0.325 e. The van der Waals surface area contributed by atoms with Crippen molar-refractivity contribution >= 4 is 17.8 Å². The summed E-state index contributed by atoms with van der Waals surface area (Å²) in [6, 6.07) is 14.0. The summed E-state index contributed by atoms with van der Waals surface area (Å²) < 4.78 is 5.19. The number of ether oxygens (including phenoxy) is 1. The standard InChI is InChI=1S/C24H29N3O4/c1-15(2)21(17-8-12-19(31-5)13-9-17)25-20(28)14-27-22(29)24(4,26-23(27)30)18-10-6-16(3)7-11-18/h6-13,15,21H,14H2,1-5H3,(H,25,28)(H,26,30). The third-order valence-corrected chi connectivity index (χ3v) is 5.66. The van der Waals surface area contributed by atoms with Crippen LogP contribution in [0.3, 0.4) is 0 Å². The molecule has 3 rings (SSSR count). The number of hydrogen-bond acceptors (Lipinski definition) is 4. The Hall–Kier alpha value is -3.35. The number of urea groups is 1. The van der Waals surface area contributed by atoms with Crippen LogP contribution in [0.2, 0.25) is 0 Å². The Balaban J connectivity index is 1.73. The molecular weight excluding hydrogens is 394 g/mol. The number of nitrogens with one attached hydrogen (secondary N) is 2. The molecule has 0 aromatic heterocycles. The lowest BCUT2D eigenvalue weighted by Crippen LogP contribution is -2.44. The molecule has 7 nitrogen and oxygen atoms in total. The summed E-state index contributed by atoms with van der Waals surface area (Å²) in [6.45, 7) is 7.26. The predicted molar refractivity (Wildman–Crippen MR) is 117 cm³/mol. The van der Waals surface area contributed by atoms with Crippen molar-refractivity contribution in [1.82, 2.24) is 15.5 Å². The molecule has 2 unspecified atom stereocenters. The Bertz CT molecular complexity index is 969. The van der Waals surface area contributed by atoms with Crippen LogP contribution in [0.4, 0.5) is 4.79 Å². The number of carbonyl (C=O) groups is 3. The molecule has 4 amide bonds. The van der Waals surface area contributed by atoms with Gasteiger partial charge < -0.3 is 15.4 Å². The SMILES string of the molecule is COc1ccc(C(NC(=O)CN2C(=O)NC(C)(c3ccc(C)cc3)C2=O)C(C)C)cc1.